The molecule has 5 nitrogen and oxygen atoms in total. The van der Waals surface area contributed by atoms with E-state index >= 15 is 0 Å². The topological polar surface area (TPSA) is 67.8 Å². The molecule has 2 unspecified atom stereocenters. The number of benzene rings is 1. The predicted molar refractivity (Wildman–Crippen MR) is 81.3 cm³/mol. The Balaban J connectivity index is 3.01. The van der Waals surface area contributed by atoms with Crippen LogP contribution in [0.4, 0.5) is 4.79 Å². The minimum Gasteiger partial charge on any atom is -0.497 e. The summed E-state index contributed by atoms with van der Waals surface area (Å²) < 4.78 is 10.1. The average Bonchev–Trinajstić information content (AvgIpc) is 2.47. The second-order valence-electron chi connectivity index (χ2n) is 5.21. The van der Waals surface area contributed by atoms with Crippen molar-refractivity contribution in [3.63, 3.8) is 0 Å². The number of carbonyl (C=O) groups excluding carboxylic acids is 1. The molecule has 1 amide bonds. The van der Waals surface area contributed by atoms with Crippen molar-refractivity contribution < 1.29 is 19.4 Å². The molecule has 1 aromatic rings. The molecule has 0 bridgehead atoms. The molecule has 0 aromatic heterocycles. The lowest BCUT2D eigenvalue weighted by Crippen LogP contribution is -2.37. The smallest absolute Gasteiger partial charge is 0.407 e. The van der Waals surface area contributed by atoms with Gasteiger partial charge in [0.25, 0.3) is 0 Å². The number of ether oxygens (including phenoxy) is 2. The van der Waals surface area contributed by atoms with Crippen LogP contribution in [0, 0.1) is 11.8 Å². The fourth-order valence-electron chi connectivity index (χ4n) is 2.25. The first-order valence-electron chi connectivity index (χ1n) is 7.21. The summed E-state index contributed by atoms with van der Waals surface area (Å²) in [6.45, 7) is 6.09. The van der Waals surface area contributed by atoms with E-state index in [1.807, 2.05) is 38.1 Å². The Morgan fingerprint density at radius 2 is 1.90 bits per heavy atom. The zero-order chi connectivity index (χ0) is 15.8. The first kappa shape index (κ1) is 17.3. The van der Waals surface area contributed by atoms with Crippen molar-refractivity contribution in [1.82, 2.24) is 5.32 Å². The van der Waals surface area contributed by atoms with Crippen LogP contribution in [0.3, 0.4) is 0 Å². The summed E-state index contributed by atoms with van der Waals surface area (Å²) in [5, 5.41) is 12.5. The molecule has 0 aliphatic heterocycles. The van der Waals surface area contributed by atoms with Crippen LogP contribution in [0.25, 0.3) is 0 Å². The third kappa shape index (κ3) is 4.93. The standard InChI is InChI=1S/C16H25NO4/c1-5-21-16(19)17-15(14(10-18)11(2)3)12-6-8-13(20-4)9-7-12/h6-9,11,14-15,18H,5,10H2,1-4H3,(H,17,19). The van der Waals surface area contributed by atoms with Gasteiger partial charge in [-0.3, -0.25) is 0 Å². The van der Waals surface area contributed by atoms with Crippen molar-refractivity contribution in [3.8, 4) is 5.75 Å². The Morgan fingerprint density at radius 3 is 2.33 bits per heavy atom. The van der Waals surface area contributed by atoms with Gasteiger partial charge >= 0.3 is 6.09 Å². The van der Waals surface area contributed by atoms with Gasteiger partial charge in [0.15, 0.2) is 0 Å². The molecular formula is C16H25NO4. The quantitative estimate of drug-likeness (QED) is 0.811. The van der Waals surface area contributed by atoms with Gasteiger partial charge in [0.2, 0.25) is 0 Å². The normalized spacial score (nSPS) is 13.6. The number of alkyl carbamates (subject to hydrolysis) is 1. The van der Waals surface area contributed by atoms with Crippen molar-refractivity contribution in [3.05, 3.63) is 29.8 Å². The van der Waals surface area contributed by atoms with Crippen molar-refractivity contribution >= 4 is 6.09 Å². The van der Waals surface area contributed by atoms with Crippen molar-refractivity contribution in [2.24, 2.45) is 11.8 Å². The predicted octanol–water partition coefficient (Wildman–Crippen LogP) is 2.75. The van der Waals surface area contributed by atoms with Crippen molar-refractivity contribution in [2.75, 3.05) is 20.3 Å². The van der Waals surface area contributed by atoms with Gasteiger partial charge in [-0.25, -0.2) is 4.79 Å². The van der Waals surface area contributed by atoms with E-state index in [-0.39, 0.29) is 24.5 Å². The van der Waals surface area contributed by atoms with Gasteiger partial charge in [-0.2, -0.15) is 0 Å². The first-order valence-corrected chi connectivity index (χ1v) is 7.21. The number of rotatable bonds is 7. The van der Waals surface area contributed by atoms with Crippen LogP contribution in [-0.2, 0) is 4.74 Å². The molecule has 0 saturated carbocycles. The Bertz CT molecular complexity index is 430. The number of nitrogens with one attached hydrogen (secondary N) is 1. The van der Waals surface area contributed by atoms with Gasteiger partial charge in [0, 0.05) is 12.5 Å². The molecular weight excluding hydrogens is 270 g/mol. The zero-order valence-electron chi connectivity index (χ0n) is 13.1. The maximum atomic E-state index is 11.8. The van der Waals surface area contributed by atoms with Crippen LogP contribution >= 0.6 is 0 Å². The van der Waals surface area contributed by atoms with Gasteiger partial charge in [-0.1, -0.05) is 26.0 Å². The lowest BCUT2D eigenvalue weighted by Gasteiger charge is -2.29. The van der Waals surface area contributed by atoms with Crippen LogP contribution in [0.2, 0.25) is 0 Å². The molecule has 0 aliphatic carbocycles. The molecule has 1 aromatic carbocycles. The lowest BCUT2D eigenvalue weighted by atomic mass is 9.85. The molecule has 0 radical (unpaired) electrons. The zero-order valence-corrected chi connectivity index (χ0v) is 13.1. The van der Waals surface area contributed by atoms with Gasteiger partial charge < -0.3 is 19.9 Å². The highest BCUT2D eigenvalue weighted by atomic mass is 16.5. The second kappa shape index (κ2) is 8.52. The minimum absolute atomic E-state index is 0.0131. The van der Waals surface area contributed by atoms with Crippen molar-refractivity contribution in [2.45, 2.75) is 26.8 Å². The molecule has 0 fully saturated rings. The summed E-state index contributed by atoms with van der Waals surface area (Å²) in [6.07, 6.45) is -0.475. The van der Waals surface area contributed by atoms with Crippen LogP contribution in [0.5, 0.6) is 5.75 Å². The second-order valence-corrected chi connectivity index (χ2v) is 5.21. The Morgan fingerprint density at radius 1 is 1.29 bits per heavy atom. The molecule has 0 aliphatic rings. The molecule has 0 saturated heterocycles. The maximum absolute atomic E-state index is 11.8. The highest BCUT2D eigenvalue weighted by Gasteiger charge is 2.27. The number of aliphatic hydroxyl groups is 1. The minimum atomic E-state index is -0.475. The van der Waals surface area contributed by atoms with E-state index in [1.165, 1.54) is 0 Å². The summed E-state index contributed by atoms with van der Waals surface area (Å²) in [6, 6.07) is 7.15. The molecule has 5 heteroatoms. The van der Waals surface area contributed by atoms with Crippen LogP contribution in [-0.4, -0.2) is 31.5 Å². The molecule has 21 heavy (non-hydrogen) atoms. The van der Waals surface area contributed by atoms with E-state index in [0.29, 0.717) is 6.61 Å². The Kier molecular flexibility index (Phi) is 7.02. The van der Waals surface area contributed by atoms with E-state index in [4.69, 9.17) is 9.47 Å². The van der Waals surface area contributed by atoms with Crippen LogP contribution < -0.4 is 10.1 Å². The number of aliphatic hydroxyl groups excluding tert-OH is 1. The van der Waals surface area contributed by atoms with Gasteiger partial charge in [-0.05, 0) is 30.5 Å². The maximum Gasteiger partial charge on any atom is 0.407 e. The summed E-state index contributed by atoms with van der Waals surface area (Å²) in [5.74, 6) is 0.866. The lowest BCUT2D eigenvalue weighted by molar-refractivity contribution is 0.122. The monoisotopic (exact) mass is 295 g/mol. The van der Waals surface area contributed by atoms with E-state index in [2.05, 4.69) is 5.32 Å². The molecule has 118 valence electrons. The van der Waals surface area contributed by atoms with E-state index in [1.54, 1.807) is 14.0 Å². The number of hydrogen-bond donors (Lipinski definition) is 2. The number of methoxy groups -OCH3 is 1. The largest absolute Gasteiger partial charge is 0.497 e. The van der Waals surface area contributed by atoms with Crippen molar-refractivity contribution in [1.29, 1.82) is 0 Å². The van der Waals surface area contributed by atoms with E-state index in [9.17, 15) is 9.90 Å². The Labute approximate surface area is 126 Å². The highest BCUT2D eigenvalue weighted by Crippen LogP contribution is 2.29. The summed E-state index contributed by atoms with van der Waals surface area (Å²) >= 11 is 0. The third-order valence-electron chi connectivity index (χ3n) is 3.52. The van der Waals surface area contributed by atoms with Crippen LogP contribution in [0.1, 0.15) is 32.4 Å². The molecule has 0 heterocycles. The highest BCUT2D eigenvalue weighted by molar-refractivity contribution is 5.68. The van der Waals surface area contributed by atoms with Gasteiger partial charge in [-0.15, -0.1) is 0 Å². The molecule has 1 rings (SSSR count). The average molecular weight is 295 g/mol. The number of hydrogen-bond acceptors (Lipinski definition) is 4. The molecule has 0 spiro atoms. The number of amides is 1. The molecule has 2 N–H and O–H groups in total. The first-order chi connectivity index (χ1) is 10.0. The van der Waals surface area contributed by atoms with E-state index < -0.39 is 6.09 Å². The van der Waals surface area contributed by atoms with Crippen LogP contribution in [0.15, 0.2) is 24.3 Å². The van der Waals surface area contributed by atoms with Gasteiger partial charge in [0.1, 0.15) is 5.75 Å². The Hall–Kier alpha value is -1.75. The third-order valence-corrected chi connectivity index (χ3v) is 3.52. The SMILES string of the molecule is CCOC(=O)NC(c1ccc(OC)cc1)C(CO)C(C)C. The fourth-order valence-corrected chi connectivity index (χ4v) is 2.25. The molecule has 2 atom stereocenters. The van der Waals surface area contributed by atoms with E-state index in [0.717, 1.165) is 11.3 Å². The fraction of sp³-hybridized carbons (Fsp3) is 0.562. The number of carbonyl (C=O) groups is 1. The summed E-state index contributed by atoms with van der Waals surface area (Å²) in [5.41, 5.74) is 0.914. The van der Waals surface area contributed by atoms with Gasteiger partial charge in [0.05, 0.1) is 19.8 Å². The summed E-state index contributed by atoms with van der Waals surface area (Å²) in [7, 11) is 1.61. The summed E-state index contributed by atoms with van der Waals surface area (Å²) in [4.78, 5) is 11.8.